The number of anilines is 1. The van der Waals surface area contributed by atoms with E-state index in [1.165, 1.54) is 18.5 Å². The third kappa shape index (κ3) is 2.86. The van der Waals surface area contributed by atoms with Gasteiger partial charge >= 0.3 is 0 Å². The second-order valence-corrected chi connectivity index (χ2v) is 4.47. The fraction of sp³-hybridized carbons (Fsp3) is 0.143. The van der Waals surface area contributed by atoms with E-state index in [0.717, 1.165) is 5.69 Å². The van der Waals surface area contributed by atoms with Crippen molar-refractivity contribution in [2.75, 3.05) is 11.9 Å². The summed E-state index contributed by atoms with van der Waals surface area (Å²) in [5.41, 5.74) is 1.57. The molecule has 0 atom stereocenters. The van der Waals surface area contributed by atoms with Crippen molar-refractivity contribution in [2.24, 2.45) is 0 Å². The van der Waals surface area contributed by atoms with Crippen LogP contribution >= 0.6 is 0 Å². The largest absolute Gasteiger partial charge is 0.364 e. The van der Waals surface area contributed by atoms with Crippen molar-refractivity contribution in [1.82, 2.24) is 20.3 Å². The Bertz CT molecular complexity index is 732. The first-order valence-corrected chi connectivity index (χ1v) is 6.29. The number of hydrogen-bond acceptors (Lipinski definition) is 6. The van der Waals surface area contributed by atoms with Gasteiger partial charge in [-0.15, -0.1) is 5.10 Å². The van der Waals surface area contributed by atoms with E-state index in [9.17, 15) is 4.39 Å². The number of aromatic nitrogens is 4. The molecule has 0 saturated heterocycles. The molecule has 3 aromatic rings. The van der Waals surface area contributed by atoms with Crippen molar-refractivity contribution in [2.45, 2.75) is 6.54 Å². The average Bonchev–Trinajstić information content (AvgIpc) is 3.01. The van der Waals surface area contributed by atoms with Crippen LogP contribution in [0.3, 0.4) is 0 Å². The maximum absolute atomic E-state index is 13.8. The molecule has 7 heteroatoms. The molecule has 0 radical (unpaired) electrons. The maximum atomic E-state index is 13.8. The van der Waals surface area contributed by atoms with Crippen LogP contribution in [0.1, 0.15) is 5.69 Å². The van der Waals surface area contributed by atoms with Gasteiger partial charge in [0.05, 0.1) is 18.4 Å². The van der Waals surface area contributed by atoms with Crippen LogP contribution in [0.5, 0.6) is 0 Å². The predicted molar refractivity (Wildman–Crippen MR) is 73.8 cm³/mol. The summed E-state index contributed by atoms with van der Waals surface area (Å²) in [6.45, 7) is 0.471. The van der Waals surface area contributed by atoms with Gasteiger partial charge in [0.25, 0.3) is 0 Å². The van der Waals surface area contributed by atoms with Gasteiger partial charge in [0.1, 0.15) is 17.8 Å². The van der Waals surface area contributed by atoms with E-state index in [2.05, 4.69) is 20.3 Å². The Balaban J connectivity index is 1.88. The predicted octanol–water partition coefficient (Wildman–Crippen LogP) is 2.30. The average molecular weight is 285 g/mol. The molecule has 0 aliphatic carbocycles. The Morgan fingerprint density at radius 2 is 2.10 bits per heavy atom. The van der Waals surface area contributed by atoms with Gasteiger partial charge in [-0.2, -0.15) is 5.10 Å². The van der Waals surface area contributed by atoms with Crippen molar-refractivity contribution < 1.29 is 8.91 Å². The van der Waals surface area contributed by atoms with Gasteiger partial charge < -0.3 is 9.42 Å². The van der Waals surface area contributed by atoms with Crippen LogP contribution in [-0.2, 0) is 6.54 Å². The molecule has 2 aromatic heterocycles. The topological polar surface area (TPSA) is 67.9 Å². The minimum Gasteiger partial charge on any atom is -0.364 e. The molecule has 3 rings (SSSR count). The molecule has 0 unspecified atom stereocenters. The molecule has 0 amide bonds. The summed E-state index contributed by atoms with van der Waals surface area (Å²) in [6.07, 6.45) is 2.93. The second-order valence-electron chi connectivity index (χ2n) is 4.47. The van der Waals surface area contributed by atoms with E-state index in [1.807, 2.05) is 0 Å². The van der Waals surface area contributed by atoms with Crippen LogP contribution in [0.25, 0.3) is 11.3 Å². The zero-order valence-corrected chi connectivity index (χ0v) is 11.3. The standard InChI is InChI=1S/C14H12FN5O/c1-20(9-10-6-7-21-19-10)14-17-13(8-16-18-14)11-4-2-3-5-12(11)15/h2-8H,9H2,1H3. The highest BCUT2D eigenvalue weighted by Crippen LogP contribution is 2.21. The number of hydrogen-bond donors (Lipinski definition) is 0. The van der Waals surface area contributed by atoms with Crippen molar-refractivity contribution >= 4 is 5.95 Å². The molecule has 0 aliphatic heterocycles. The molecule has 0 fully saturated rings. The second kappa shape index (κ2) is 5.66. The van der Waals surface area contributed by atoms with E-state index >= 15 is 0 Å². The Morgan fingerprint density at radius 3 is 2.86 bits per heavy atom. The van der Waals surface area contributed by atoms with E-state index in [0.29, 0.717) is 23.8 Å². The highest BCUT2D eigenvalue weighted by Gasteiger charge is 2.11. The minimum absolute atomic E-state index is 0.344. The van der Waals surface area contributed by atoms with Gasteiger partial charge in [0.2, 0.25) is 5.95 Å². The summed E-state index contributed by atoms with van der Waals surface area (Å²) in [5.74, 6) is 0.0434. The number of halogens is 1. The summed E-state index contributed by atoms with van der Waals surface area (Å²) in [5, 5.41) is 11.7. The summed E-state index contributed by atoms with van der Waals surface area (Å²) < 4.78 is 18.6. The molecule has 6 nitrogen and oxygen atoms in total. The lowest BCUT2D eigenvalue weighted by molar-refractivity contribution is 0.411. The van der Waals surface area contributed by atoms with E-state index in [1.54, 1.807) is 36.2 Å². The van der Waals surface area contributed by atoms with Gasteiger partial charge in [-0.05, 0) is 12.1 Å². The molecule has 1 aromatic carbocycles. The fourth-order valence-corrected chi connectivity index (χ4v) is 1.89. The third-order valence-corrected chi connectivity index (χ3v) is 2.93. The molecular weight excluding hydrogens is 273 g/mol. The van der Waals surface area contributed by atoms with Gasteiger partial charge in [0, 0.05) is 18.7 Å². The summed E-state index contributed by atoms with van der Waals surface area (Å²) in [4.78, 5) is 6.10. The zero-order chi connectivity index (χ0) is 14.7. The molecule has 0 bridgehead atoms. The maximum Gasteiger partial charge on any atom is 0.246 e. The van der Waals surface area contributed by atoms with Crippen LogP contribution < -0.4 is 4.90 Å². The lowest BCUT2D eigenvalue weighted by atomic mass is 10.1. The number of rotatable bonds is 4. The van der Waals surface area contributed by atoms with Gasteiger partial charge in [-0.25, -0.2) is 9.37 Å². The van der Waals surface area contributed by atoms with E-state index < -0.39 is 0 Å². The monoisotopic (exact) mass is 285 g/mol. The molecule has 2 heterocycles. The van der Waals surface area contributed by atoms with Crippen molar-refractivity contribution in [3.8, 4) is 11.3 Å². The smallest absolute Gasteiger partial charge is 0.246 e. The van der Waals surface area contributed by atoms with Gasteiger partial charge in [-0.3, -0.25) is 0 Å². The third-order valence-electron chi connectivity index (χ3n) is 2.93. The summed E-state index contributed by atoms with van der Waals surface area (Å²) in [6, 6.07) is 8.17. The van der Waals surface area contributed by atoms with Crippen LogP contribution in [0.15, 0.2) is 47.3 Å². The molecular formula is C14H12FN5O. The van der Waals surface area contributed by atoms with Crippen LogP contribution in [-0.4, -0.2) is 27.4 Å². The highest BCUT2D eigenvalue weighted by molar-refractivity contribution is 5.59. The quantitative estimate of drug-likeness (QED) is 0.732. The normalized spacial score (nSPS) is 10.6. The molecule has 0 saturated carbocycles. The summed E-state index contributed by atoms with van der Waals surface area (Å²) >= 11 is 0. The molecule has 0 spiro atoms. The Hall–Kier alpha value is -2.83. The molecule has 0 aliphatic rings. The highest BCUT2D eigenvalue weighted by atomic mass is 19.1. The van der Waals surface area contributed by atoms with Gasteiger partial charge in [-0.1, -0.05) is 17.3 Å². The van der Waals surface area contributed by atoms with Gasteiger partial charge in [0.15, 0.2) is 0 Å². The number of benzene rings is 1. The lowest BCUT2D eigenvalue weighted by Gasteiger charge is -2.15. The summed E-state index contributed by atoms with van der Waals surface area (Å²) in [7, 11) is 1.80. The molecule has 106 valence electrons. The van der Waals surface area contributed by atoms with Crippen LogP contribution in [0.2, 0.25) is 0 Å². The molecule has 21 heavy (non-hydrogen) atoms. The SMILES string of the molecule is CN(Cc1ccon1)c1nncc(-c2ccccc2F)n1. The first-order valence-electron chi connectivity index (χ1n) is 6.29. The minimum atomic E-state index is -0.344. The molecule has 0 N–H and O–H groups in total. The van der Waals surface area contributed by atoms with Crippen molar-refractivity contribution in [3.63, 3.8) is 0 Å². The van der Waals surface area contributed by atoms with Crippen molar-refractivity contribution in [3.05, 3.63) is 54.3 Å². The van der Waals surface area contributed by atoms with Crippen LogP contribution in [0.4, 0.5) is 10.3 Å². The van der Waals surface area contributed by atoms with Crippen molar-refractivity contribution in [1.29, 1.82) is 0 Å². The Morgan fingerprint density at radius 1 is 1.24 bits per heavy atom. The number of nitrogens with zero attached hydrogens (tertiary/aromatic N) is 5. The lowest BCUT2D eigenvalue weighted by Crippen LogP contribution is -2.20. The first kappa shape index (κ1) is 13.2. The Kier molecular flexibility index (Phi) is 3.55. The fourth-order valence-electron chi connectivity index (χ4n) is 1.89. The first-order chi connectivity index (χ1) is 10.2. The zero-order valence-electron chi connectivity index (χ0n) is 11.3. The van der Waals surface area contributed by atoms with Crippen LogP contribution in [0, 0.1) is 5.82 Å². The van der Waals surface area contributed by atoms with E-state index in [4.69, 9.17) is 4.52 Å². The van der Waals surface area contributed by atoms with E-state index in [-0.39, 0.29) is 5.82 Å². The Labute approximate surface area is 120 Å².